The molecule has 0 aliphatic rings. The molecule has 0 spiro atoms. The number of alkyl halides is 3. The molecule has 1 amide bonds. The zero-order chi connectivity index (χ0) is 22.0. The van der Waals surface area contributed by atoms with Gasteiger partial charge in [0.25, 0.3) is 11.6 Å². The highest BCUT2D eigenvalue weighted by atomic mass is 35.5. The minimum atomic E-state index is -5.03. The molecule has 0 fully saturated rings. The highest BCUT2D eigenvalue weighted by Gasteiger charge is 2.39. The summed E-state index contributed by atoms with van der Waals surface area (Å²) < 4.78 is 57.5. The van der Waals surface area contributed by atoms with Gasteiger partial charge in [0, 0.05) is 17.8 Å². The lowest BCUT2D eigenvalue weighted by molar-refractivity contribution is -0.388. The van der Waals surface area contributed by atoms with E-state index < -0.39 is 52.0 Å². The lowest BCUT2D eigenvalue weighted by Crippen LogP contribution is -2.45. The highest BCUT2D eigenvalue weighted by Crippen LogP contribution is 2.37. The molecule has 156 valence electrons. The van der Waals surface area contributed by atoms with Gasteiger partial charge in [-0.15, -0.1) is 0 Å². The second kappa shape index (κ2) is 8.21. The van der Waals surface area contributed by atoms with Gasteiger partial charge in [0.15, 0.2) is 5.60 Å². The number of nitrogens with zero attached hydrogens (tertiary/aromatic N) is 1. The third kappa shape index (κ3) is 5.55. The summed E-state index contributed by atoms with van der Waals surface area (Å²) in [4.78, 5) is 21.8. The first-order valence-electron chi connectivity index (χ1n) is 7.78. The van der Waals surface area contributed by atoms with E-state index in [-0.39, 0.29) is 10.8 Å². The molecule has 0 aliphatic carbocycles. The number of halogens is 5. The van der Waals surface area contributed by atoms with Crippen LogP contribution in [0.3, 0.4) is 0 Å². The number of carbonyl (C=O) groups is 1. The van der Waals surface area contributed by atoms with Crippen LogP contribution in [0.2, 0.25) is 5.02 Å². The first-order valence-corrected chi connectivity index (χ1v) is 8.16. The number of hydrogen-bond donors (Lipinski definition) is 2. The minimum absolute atomic E-state index is 0.0466. The third-order valence-corrected chi connectivity index (χ3v) is 3.96. The summed E-state index contributed by atoms with van der Waals surface area (Å²) in [6.07, 6.45) is -5.03. The Morgan fingerprint density at radius 1 is 1.28 bits per heavy atom. The Morgan fingerprint density at radius 3 is 2.48 bits per heavy atom. The standard InChI is InChI=1S/C17H13ClF4N2O5/c1-16(26,8-29-10-3-4-12(18)13(19)7-10)15(25)23-9-2-5-14(24(27)28)11(6-9)17(20,21)22/h2-7,26H,8H2,1H3,(H,23,25)/t16-/m0/s1. The maximum absolute atomic E-state index is 13.4. The Labute approximate surface area is 166 Å². The van der Waals surface area contributed by atoms with Gasteiger partial charge in [-0.1, -0.05) is 11.6 Å². The molecule has 7 nitrogen and oxygen atoms in total. The van der Waals surface area contributed by atoms with Crippen LogP contribution >= 0.6 is 11.6 Å². The summed E-state index contributed by atoms with van der Waals surface area (Å²) in [6.45, 7) is 0.351. The molecule has 2 aromatic carbocycles. The van der Waals surface area contributed by atoms with Gasteiger partial charge in [0.1, 0.15) is 23.7 Å². The Balaban J connectivity index is 2.15. The number of aliphatic hydroxyl groups is 1. The van der Waals surface area contributed by atoms with E-state index >= 15 is 0 Å². The number of rotatable bonds is 6. The fourth-order valence-corrected chi connectivity index (χ4v) is 2.24. The normalized spacial score (nSPS) is 13.5. The predicted molar refractivity (Wildman–Crippen MR) is 94.3 cm³/mol. The second-order valence-corrected chi connectivity index (χ2v) is 6.49. The van der Waals surface area contributed by atoms with Crippen molar-refractivity contribution < 1.29 is 37.1 Å². The number of nitro benzene ring substituents is 1. The summed E-state index contributed by atoms with van der Waals surface area (Å²) in [5.41, 5.74) is -5.40. The van der Waals surface area contributed by atoms with Crippen molar-refractivity contribution in [1.29, 1.82) is 0 Å². The lowest BCUT2D eigenvalue weighted by atomic mass is 10.1. The monoisotopic (exact) mass is 436 g/mol. The SMILES string of the molecule is C[C@](O)(COc1ccc(Cl)c(F)c1)C(=O)Nc1ccc([N+](=O)[O-])c(C(F)(F)F)c1. The van der Waals surface area contributed by atoms with Crippen molar-refractivity contribution >= 4 is 28.9 Å². The van der Waals surface area contributed by atoms with E-state index in [0.29, 0.717) is 12.1 Å². The molecule has 2 rings (SSSR count). The lowest BCUT2D eigenvalue weighted by Gasteiger charge is -2.23. The molecule has 0 radical (unpaired) electrons. The molecule has 29 heavy (non-hydrogen) atoms. The smallest absolute Gasteiger partial charge is 0.423 e. The largest absolute Gasteiger partial charge is 0.490 e. The maximum Gasteiger partial charge on any atom is 0.423 e. The Hall–Kier alpha value is -2.92. The van der Waals surface area contributed by atoms with Crippen LogP contribution in [0.15, 0.2) is 36.4 Å². The molecule has 0 bridgehead atoms. The van der Waals surface area contributed by atoms with E-state index in [1.807, 2.05) is 5.32 Å². The van der Waals surface area contributed by atoms with Crippen LogP contribution in [0.1, 0.15) is 12.5 Å². The van der Waals surface area contributed by atoms with Crippen LogP contribution in [-0.2, 0) is 11.0 Å². The number of anilines is 1. The number of nitro groups is 1. The Kier molecular flexibility index (Phi) is 6.34. The van der Waals surface area contributed by atoms with Gasteiger partial charge < -0.3 is 15.2 Å². The van der Waals surface area contributed by atoms with Crippen LogP contribution in [-0.4, -0.2) is 28.1 Å². The van der Waals surface area contributed by atoms with Crippen LogP contribution in [0.5, 0.6) is 5.75 Å². The molecule has 0 aromatic heterocycles. The van der Waals surface area contributed by atoms with Crippen LogP contribution in [0.4, 0.5) is 28.9 Å². The molecule has 0 heterocycles. The molecule has 0 saturated heterocycles. The number of benzene rings is 2. The molecule has 2 N–H and O–H groups in total. The van der Waals surface area contributed by atoms with Crippen molar-refractivity contribution in [3.05, 3.63) is 62.9 Å². The van der Waals surface area contributed by atoms with Crippen LogP contribution in [0, 0.1) is 15.9 Å². The number of ether oxygens (including phenoxy) is 1. The van der Waals surface area contributed by atoms with E-state index in [0.717, 1.165) is 19.1 Å². The zero-order valence-electron chi connectivity index (χ0n) is 14.6. The average molecular weight is 437 g/mol. The van der Waals surface area contributed by atoms with Crippen LogP contribution < -0.4 is 10.1 Å². The third-order valence-electron chi connectivity index (χ3n) is 3.66. The van der Waals surface area contributed by atoms with E-state index in [1.54, 1.807) is 0 Å². The summed E-state index contributed by atoms with van der Waals surface area (Å²) in [6, 6.07) is 5.24. The van der Waals surface area contributed by atoms with Crippen molar-refractivity contribution in [1.82, 2.24) is 0 Å². The summed E-state index contributed by atoms with van der Waals surface area (Å²) in [7, 11) is 0. The average Bonchev–Trinajstić information content (AvgIpc) is 2.61. The van der Waals surface area contributed by atoms with E-state index in [2.05, 4.69) is 0 Å². The zero-order valence-corrected chi connectivity index (χ0v) is 15.3. The summed E-state index contributed by atoms with van der Waals surface area (Å²) in [5.74, 6) is -1.98. The van der Waals surface area contributed by atoms with Crippen molar-refractivity contribution in [2.24, 2.45) is 0 Å². The van der Waals surface area contributed by atoms with Gasteiger partial charge in [-0.05, 0) is 31.2 Å². The first kappa shape index (κ1) is 22.4. The maximum atomic E-state index is 13.4. The second-order valence-electron chi connectivity index (χ2n) is 6.08. The minimum Gasteiger partial charge on any atom is -0.490 e. The number of nitrogens with one attached hydrogen (secondary N) is 1. The van der Waals surface area contributed by atoms with E-state index in [1.165, 1.54) is 12.1 Å². The van der Waals surface area contributed by atoms with E-state index in [4.69, 9.17) is 16.3 Å². The van der Waals surface area contributed by atoms with Crippen molar-refractivity contribution in [3.63, 3.8) is 0 Å². The van der Waals surface area contributed by atoms with Crippen molar-refractivity contribution in [2.45, 2.75) is 18.7 Å². The molecule has 12 heteroatoms. The first-order chi connectivity index (χ1) is 13.3. The molecule has 0 aliphatic heterocycles. The topological polar surface area (TPSA) is 102 Å². The van der Waals surface area contributed by atoms with Crippen molar-refractivity contribution in [3.8, 4) is 5.75 Å². The molecule has 0 saturated carbocycles. The molecular formula is C17H13ClF4N2O5. The Bertz CT molecular complexity index is 950. The number of carbonyl (C=O) groups excluding carboxylic acids is 1. The highest BCUT2D eigenvalue weighted by molar-refractivity contribution is 6.30. The predicted octanol–water partition coefficient (Wildman–Crippen LogP) is 4.17. The fraction of sp³-hybridized carbons (Fsp3) is 0.235. The van der Waals surface area contributed by atoms with Crippen LogP contribution in [0.25, 0.3) is 0 Å². The van der Waals surface area contributed by atoms with Gasteiger partial charge in [0.2, 0.25) is 0 Å². The molecule has 2 aromatic rings. The fourth-order valence-electron chi connectivity index (χ4n) is 2.12. The summed E-state index contributed by atoms with van der Waals surface area (Å²) in [5, 5.41) is 22.8. The van der Waals surface area contributed by atoms with Gasteiger partial charge in [-0.3, -0.25) is 14.9 Å². The van der Waals surface area contributed by atoms with Gasteiger partial charge >= 0.3 is 6.18 Å². The molecule has 0 unspecified atom stereocenters. The van der Waals surface area contributed by atoms with Gasteiger partial charge in [0.05, 0.1) is 9.95 Å². The Morgan fingerprint density at radius 2 is 1.93 bits per heavy atom. The quantitative estimate of drug-likeness (QED) is 0.402. The molecule has 1 atom stereocenters. The van der Waals surface area contributed by atoms with E-state index in [9.17, 15) is 37.6 Å². The van der Waals surface area contributed by atoms with Crippen molar-refractivity contribution in [2.75, 3.05) is 11.9 Å². The molecular weight excluding hydrogens is 424 g/mol. The number of hydrogen-bond acceptors (Lipinski definition) is 5. The number of amides is 1. The van der Waals surface area contributed by atoms with Gasteiger partial charge in [-0.2, -0.15) is 13.2 Å². The van der Waals surface area contributed by atoms with Gasteiger partial charge in [-0.25, -0.2) is 4.39 Å². The summed E-state index contributed by atoms with van der Waals surface area (Å²) >= 11 is 5.52.